The third-order valence-electron chi connectivity index (χ3n) is 6.23. The summed E-state index contributed by atoms with van der Waals surface area (Å²) in [6.45, 7) is 3.83. The largest absolute Gasteiger partial charge is 0.472 e. The standard InChI is InChI=1S/C24H29N3O6S/c1-15-12-27(16(2)14-28)24(29)19-9-18(21-10-17-7-5-6-8-20(17)32-21)11-25-23(19)33-22(15)13-26(3)34(4,30)31/h5-11,15-16,22,28H,12-14H2,1-4H3/t15-,16+,22-/m0/s1. The number of benzene rings is 1. The van der Waals surface area contributed by atoms with Crippen molar-refractivity contribution in [2.75, 3.05) is 33.0 Å². The first-order valence-corrected chi connectivity index (χ1v) is 12.9. The van der Waals surface area contributed by atoms with Crippen molar-refractivity contribution in [1.82, 2.24) is 14.2 Å². The summed E-state index contributed by atoms with van der Waals surface area (Å²) in [4.78, 5) is 19.6. The smallest absolute Gasteiger partial charge is 0.259 e. The molecule has 0 fully saturated rings. The lowest BCUT2D eigenvalue weighted by Gasteiger charge is -2.37. The molecule has 1 aliphatic heterocycles. The van der Waals surface area contributed by atoms with Gasteiger partial charge in [0.1, 0.15) is 23.0 Å². The summed E-state index contributed by atoms with van der Waals surface area (Å²) in [6, 6.07) is 10.7. The normalized spacial score (nSPS) is 20.1. The number of aliphatic hydroxyl groups is 1. The highest BCUT2D eigenvalue weighted by Gasteiger charge is 2.35. The van der Waals surface area contributed by atoms with Gasteiger partial charge in [-0.1, -0.05) is 25.1 Å². The first kappa shape index (κ1) is 24.2. The average molecular weight is 488 g/mol. The number of likely N-dealkylation sites (N-methyl/N-ethyl adjacent to an activating group) is 1. The molecule has 0 saturated heterocycles. The maximum Gasteiger partial charge on any atom is 0.259 e. The number of aliphatic hydroxyl groups excluding tert-OH is 1. The first-order chi connectivity index (χ1) is 16.1. The molecule has 0 radical (unpaired) electrons. The fourth-order valence-corrected chi connectivity index (χ4v) is 4.39. The molecule has 0 unspecified atom stereocenters. The van der Waals surface area contributed by atoms with Gasteiger partial charge in [-0.3, -0.25) is 4.79 Å². The molecule has 4 rings (SSSR count). The Morgan fingerprint density at radius 1 is 1.29 bits per heavy atom. The van der Waals surface area contributed by atoms with Crippen molar-refractivity contribution in [3.8, 4) is 17.2 Å². The molecule has 0 spiro atoms. The van der Waals surface area contributed by atoms with Crippen LogP contribution in [-0.2, 0) is 10.0 Å². The van der Waals surface area contributed by atoms with Gasteiger partial charge in [0.05, 0.1) is 25.4 Å². The fourth-order valence-electron chi connectivity index (χ4n) is 3.97. The molecular weight excluding hydrogens is 458 g/mol. The van der Waals surface area contributed by atoms with Crippen molar-refractivity contribution in [3.63, 3.8) is 0 Å². The summed E-state index contributed by atoms with van der Waals surface area (Å²) < 4.78 is 37.3. The van der Waals surface area contributed by atoms with Crippen molar-refractivity contribution in [2.24, 2.45) is 5.92 Å². The lowest BCUT2D eigenvalue weighted by molar-refractivity contribution is 0.0374. The molecule has 3 aromatic rings. The summed E-state index contributed by atoms with van der Waals surface area (Å²) in [6.07, 6.45) is 2.16. The topological polar surface area (TPSA) is 113 Å². The molecule has 0 aliphatic carbocycles. The summed E-state index contributed by atoms with van der Waals surface area (Å²) >= 11 is 0. The van der Waals surface area contributed by atoms with Crippen LogP contribution >= 0.6 is 0 Å². The summed E-state index contributed by atoms with van der Waals surface area (Å²) in [5.41, 5.74) is 1.57. The van der Waals surface area contributed by atoms with E-state index in [0.29, 0.717) is 11.3 Å². The Balaban J connectivity index is 1.77. The van der Waals surface area contributed by atoms with Crippen LogP contribution in [0.1, 0.15) is 24.2 Å². The van der Waals surface area contributed by atoms with E-state index in [2.05, 4.69) is 4.98 Å². The van der Waals surface area contributed by atoms with E-state index in [4.69, 9.17) is 9.15 Å². The Bertz CT molecular complexity index is 1270. The van der Waals surface area contributed by atoms with Gasteiger partial charge in [0.2, 0.25) is 15.9 Å². The highest BCUT2D eigenvalue weighted by atomic mass is 32.2. The van der Waals surface area contributed by atoms with Gasteiger partial charge in [-0.2, -0.15) is 0 Å². The van der Waals surface area contributed by atoms with Crippen LogP contribution in [0.2, 0.25) is 0 Å². The molecule has 0 bridgehead atoms. The van der Waals surface area contributed by atoms with Gasteiger partial charge >= 0.3 is 0 Å². The lowest BCUT2D eigenvalue weighted by Crippen LogP contribution is -2.50. The molecule has 10 heteroatoms. The quantitative estimate of drug-likeness (QED) is 0.569. The maximum atomic E-state index is 13.5. The van der Waals surface area contributed by atoms with E-state index in [9.17, 15) is 18.3 Å². The number of para-hydroxylation sites is 1. The summed E-state index contributed by atoms with van der Waals surface area (Å²) in [7, 11) is -1.94. The number of rotatable bonds is 6. The molecule has 34 heavy (non-hydrogen) atoms. The Kier molecular flexibility index (Phi) is 6.66. The van der Waals surface area contributed by atoms with E-state index in [1.54, 1.807) is 24.1 Å². The number of amides is 1. The van der Waals surface area contributed by atoms with Crippen LogP contribution in [0.5, 0.6) is 5.88 Å². The van der Waals surface area contributed by atoms with Gasteiger partial charge < -0.3 is 19.2 Å². The van der Waals surface area contributed by atoms with Crippen molar-refractivity contribution in [3.05, 3.63) is 48.2 Å². The molecule has 182 valence electrons. The van der Waals surface area contributed by atoms with E-state index in [1.165, 1.54) is 11.4 Å². The maximum absolute atomic E-state index is 13.5. The molecule has 3 atom stereocenters. The minimum atomic E-state index is -3.42. The summed E-state index contributed by atoms with van der Waals surface area (Å²) in [5.74, 6) is 0.157. The Labute approximate surface area is 199 Å². The van der Waals surface area contributed by atoms with Gasteiger partial charge in [-0.05, 0) is 25.1 Å². The predicted octanol–water partition coefficient (Wildman–Crippen LogP) is 2.61. The number of furan rings is 1. The van der Waals surface area contributed by atoms with Crippen LogP contribution < -0.4 is 4.74 Å². The Morgan fingerprint density at radius 2 is 2.03 bits per heavy atom. The third-order valence-corrected chi connectivity index (χ3v) is 7.52. The molecule has 1 N–H and O–H groups in total. The fraction of sp³-hybridized carbons (Fsp3) is 0.417. The minimum absolute atomic E-state index is 0.0992. The van der Waals surface area contributed by atoms with Gasteiger partial charge in [-0.25, -0.2) is 17.7 Å². The lowest BCUT2D eigenvalue weighted by atomic mass is 10.00. The van der Waals surface area contributed by atoms with Crippen LogP contribution in [0.4, 0.5) is 0 Å². The van der Waals surface area contributed by atoms with Gasteiger partial charge in [0.15, 0.2) is 0 Å². The number of fused-ring (bicyclic) bond motifs is 2. The van der Waals surface area contributed by atoms with Crippen molar-refractivity contribution in [2.45, 2.75) is 26.0 Å². The van der Waals surface area contributed by atoms with Crippen LogP contribution in [0, 0.1) is 5.92 Å². The number of aromatic nitrogens is 1. The monoisotopic (exact) mass is 487 g/mol. The van der Waals surface area contributed by atoms with E-state index >= 15 is 0 Å². The van der Waals surface area contributed by atoms with Crippen molar-refractivity contribution >= 4 is 26.9 Å². The molecule has 2 aromatic heterocycles. The van der Waals surface area contributed by atoms with Gasteiger partial charge in [-0.15, -0.1) is 0 Å². The number of nitrogens with zero attached hydrogens (tertiary/aromatic N) is 3. The van der Waals surface area contributed by atoms with Crippen LogP contribution in [0.25, 0.3) is 22.3 Å². The highest BCUT2D eigenvalue weighted by molar-refractivity contribution is 7.88. The molecule has 1 aliphatic rings. The number of sulfonamides is 1. The molecule has 9 nitrogen and oxygen atoms in total. The minimum Gasteiger partial charge on any atom is -0.472 e. The number of carbonyl (C=O) groups excluding carboxylic acids is 1. The number of carbonyl (C=O) groups is 1. The molecule has 0 saturated carbocycles. The zero-order valence-corrected chi connectivity index (χ0v) is 20.4. The summed E-state index contributed by atoms with van der Waals surface area (Å²) in [5, 5.41) is 10.7. The third kappa shape index (κ3) is 4.79. The molecular formula is C24H29N3O6S. The molecule has 1 amide bonds. The second-order valence-corrected chi connectivity index (χ2v) is 11.0. The average Bonchev–Trinajstić information content (AvgIpc) is 3.24. The Hall–Kier alpha value is -2.95. The number of hydrogen-bond donors (Lipinski definition) is 1. The van der Waals surface area contributed by atoms with Gasteiger partial charge in [0.25, 0.3) is 5.91 Å². The van der Waals surface area contributed by atoms with Crippen LogP contribution in [0.15, 0.2) is 47.0 Å². The van der Waals surface area contributed by atoms with E-state index in [-0.39, 0.29) is 43.0 Å². The number of pyridine rings is 1. The second-order valence-electron chi connectivity index (χ2n) is 8.89. The zero-order valence-electron chi connectivity index (χ0n) is 19.6. The van der Waals surface area contributed by atoms with E-state index < -0.39 is 22.2 Å². The van der Waals surface area contributed by atoms with Crippen molar-refractivity contribution < 1.29 is 27.5 Å². The molecule has 1 aromatic carbocycles. The zero-order chi connectivity index (χ0) is 24.6. The van der Waals surface area contributed by atoms with E-state index in [1.807, 2.05) is 37.3 Å². The highest BCUT2D eigenvalue weighted by Crippen LogP contribution is 2.32. The SMILES string of the molecule is C[C@H](CO)N1C[C@H](C)[C@H](CN(C)S(C)(=O)=O)Oc2ncc(-c3cc4ccccc4o3)cc2C1=O. The van der Waals surface area contributed by atoms with E-state index in [0.717, 1.165) is 17.2 Å². The van der Waals surface area contributed by atoms with Crippen LogP contribution in [-0.4, -0.2) is 78.8 Å². The predicted molar refractivity (Wildman–Crippen MR) is 128 cm³/mol. The van der Waals surface area contributed by atoms with Crippen molar-refractivity contribution in [1.29, 1.82) is 0 Å². The number of ether oxygens (including phenoxy) is 1. The number of hydrogen-bond acceptors (Lipinski definition) is 7. The van der Waals surface area contributed by atoms with Crippen LogP contribution in [0.3, 0.4) is 0 Å². The first-order valence-electron chi connectivity index (χ1n) is 11.1. The van der Waals surface area contributed by atoms with Gasteiger partial charge in [0, 0.05) is 36.7 Å². The second kappa shape index (κ2) is 9.36. The molecule has 3 heterocycles. The Morgan fingerprint density at radius 3 is 2.71 bits per heavy atom.